The SMILES string of the molecule is O=C1CN=CN1.O=c1c2cccc3cccc(c32)c2nc3ccccc3n12. The Morgan fingerprint density at radius 3 is 2.37 bits per heavy atom. The monoisotopic (exact) mass is 354 g/mol. The van der Waals surface area contributed by atoms with Crippen LogP contribution in [0.2, 0.25) is 0 Å². The predicted molar refractivity (Wildman–Crippen MR) is 107 cm³/mol. The van der Waals surface area contributed by atoms with Crippen LogP contribution >= 0.6 is 0 Å². The lowest BCUT2D eigenvalue weighted by Gasteiger charge is -2.06. The van der Waals surface area contributed by atoms with E-state index >= 15 is 0 Å². The van der Waals surface area contributed by atoms with Gasteiger partial charge in [0.2, 0.25) is 5.91 Å². The lowest BCUT2D eigenvalue weighted by Crippen LogP contribution is -2.15. The van der Waals surface area contributed by atoms with Gasteiger partial charge in [0.05, 0.1) is 17.4 Å². The van der Waals surface area contributed by atoms with Crippen molar-refractivity contribution in [3.05, 3.63) is 71.0 Å². The highest BCUT2D eigenvalue weighted by Gasteiger charge is 2.14. The number of benzene rings is 3. The Bertz CT molecular complexity index is 1400. The van der Waals surface area contributed by atoms with Crippen molar-refractivity contribution in [2.24, 2.45) is 4.99 Å². The van der Waals surface area contributed by atoms with Crippen LogP contribution in [0.3, 0.4) is 0 Å². The first-order valence-corrected chi connectivity index (χ1v) is 8.56. The number of fused-ring (bicyclic) bond motifs is 4. The Morgan fingerprint density at radius 1 is 0.889 bits per heavy atom. The van der Waals surface area contributed by atoms with E-state index < -0.39 is 0 Å². The molecule has 6 heteroatoms. The number of hydrogen-bond donors (Lipinski definition) is 1. The molecule has 0 aliphatic carbocycles. The predicted octanol–water partition coefficient (Wildman–Crippen LogP) is 2.74. The maximum absolute atomic E-state index is 12.9. The maximum atomic E-state index is 12.9. The molecule has 1 aliphatic rings. The second-order valence-corrected chi connectivity index (χ2v) is 6.31. The van der Waals surface area contributed by atoms with E-state index in [0.29, 0.717) is 6.54 Å². The van der Waals surface area contributed by atoms with Gasteiger partial charge in [-0.05, 0) is 23.6 Å². The molecule has 1 N–H and O–H groups in total. The van der Waals surface area contributed by atoms with E-state index in [0.717, 1.165) is 38.2 Å². The number of nitrogens with one attached hydrogen (secondary N) is 1. The zero-order chi connectivity index (χ0) is 18.4. The minimum absolute atomic E-state index is 0.00278. The summed E-state index contributed by atoms with van der Waals surface area (Å²) in [5.74, 6) is -0.0185. The van der Waals surface area contributed by atoms with Crippen molar-refractivity contribution < 1.29 is 4.79 Å². The third-order valence-electron chi connectivity index (χ3n) is 4.69. The van der Waals surface area contributed by atoms with Gasteiger partial charge in [-0.2, -0.15) is 0 Å². The highest BCUT2D eigenvalue weighted by Crippen LogP contribution is 2.29. The first kappa shape index (κ1) is 15.5. The van der Waals surface area contributed by atoms with Crippen molar-refractivity contribution in [3.63, 3.8) is 0 Å². The quantitative estimate of drug-likeness (QED) is 0.465. The summed E-state index contributed by atoms with van der Waals surface area (Å²) in [4.78, 5) is 31.1. The van der Waals surface area contributed by atoms with Crippen molar-refractivity contribution in [1.29, 1.82) is 0 Å². The molecule has 0 saturated heterocycles. The second kappa shape index (κ2) is 5.88. The summed E-state index contributed by atoms with van der Waals surface area (Å²) in [6.45, 7) is 0.306. The maximum Gasteiger partial charge on any atom is 0.264 e. The molecule has 27 heavy (non-hydrogen) atoms. The summed E-state index contributed by atoms with van der Waals surface area (Å²) in [6, 6.07) is 19.7. The van der Waals surface area contributed by atoms with E-state index in [1.54, 1.807) is 4.40 Å². The molecule has 6 nitrogen and oxygen atoms in total. The van der Waals surface area contributed by atoms with Crippen LogP contribution in [-0.4, -0.2) is 28.2 Å². The molecule has 3 heterocycles. The van der Waals surface area contributed by atoms with E-state index in [4.69, 9.17) is 0 Å². The molecule has 1 amide bonds. The van der Waals surface area contributed by atoms with Crippen LogP contribution < -0.4 is 10.9 Å². The van der Waals surface area contributed by atoms with E-state index in [2.05, 4.69) is 15.3 Å². The van der Waals surface area contributed by atoms with E-state index in [1.807, 2.05) is 60.7 Å². The summed E-state index contributed by atoms with van der Waals surface area (Å²) in [5, 5.41) is 6.25. The normalized spacial score (nSPS) is 13.4. The summed E-state index contributed by atoms with van der Waals surface area (Å²) in [6.07, 6.45) is 1.41. The van der Waals surface area contributed by atoms with Gasteiger partial charge in [0.15, 0.2) is 0 Å². The Hall–Kier alpha value is -3.80. The molecule has 3 aromatic carbocycles. The van der Waals surface area contributed by atoms with E-state index in [-0.39, 0.29) is 11.5 Å². The van der Waals surface area contributed by atoms with Gasteiger partial charge in [0.1, 0.15) is 12.2 Å². The number of carbonyl (C=O) groups is 1. The van der Waals surface area contributed by atoms with Crippen LogP contribution in [0.15, 0.2) is 70.5 Å². The Labute approximate surface area is 153 Å². The minimum atomic E-state index is -0.0185. The number of amides is 1. The number of imidazole rings is 1. The fourth-order valence-corrected chi connectivity index (χ4v) is 3.53. The molecule has 6 rings (SSSR count). The minimum Gasteiger partial charge on any atom is -0.316 e. The molecular weight excluding hydrogens is 340 g/mol. The fourth-order valence-electron chi connectivity index (χ4n) is 3.53. The molecule has 0 spiro atoms. The zero-order valence-corrected chi connectivity index (χ0v) is 14.2. The first-order chi connectivity index (χ1) is 13.2. The van der Waals surface area contributed by atoms with Gasteiger partial charge in [0, 0.05) is 16.2 Å². The fraction of sp³-hybridized carbons (Fsp3) is 0.0476. The van der Waals surface area contributed by atoms with Crippen molar-refractivity contribution in [2.75, 3.05) is 6.54 Å². The number of aliphatic imine (C=N–C) groups is 1. The third kappa shape index (κ3) is 2.34. The van der Waals surface area contributed by atoms with Gasteiger partial charge in [0.25, 0.3) is 5.56 Å². The molecule has 5 aromatic rings. The molecule has 130 valence electrons. The van der Waals surface area contributed by atoms with Crippen LogP contribution in [0.5, 0.6) is 0 Å². The number of nitrogens with zero attached hydrogens (tertiary/aromatic N) is 3. The largest absolute Gasteiger partial charge is 0.316 e. The molecule has 0 radical (unpaired) electrons. The third-order valence-corrected chi connectivity index (χ3v) is 4.69. The van der Waals surface area contributed by atoms with Gasteiger partial charge in [-0.15, -0.1) is 0 Å². The average Bonchev–Trinajstić information content (AvgIpc) is 3.33. The molecule has 0 fully saturated rings. The average molecular weight is 354 g/mol. The topological polar surface area (TPSA) is 75.8 Å². The van der Waals surface area contributed by atoms with Gasteiger partial charge < -0.3 is 5.32 Å². The molecule has 1 aliphatic heterocycles. The van der Waals surface area contributed by atoms with Gasteiger partial charge >= 0.3 is 0 Å². The number of para-hydroxylation sites is 2. The van der Waals surface area contributed by atoms with Gasteiger partial charge in [-0.25, -0.2) is 4.98 Å². The molecule has 0 bridgehead atoms. The number of hydrogen-bond acceptors (Lipinski definition) is 4. The van der Waals surface area contributed by atoms with Crippen LogP contribution in [-0.2, 0) is 4.79 Å². The van der Waals surface area contributed by atoms with Crippen LogP contribution in [0.25, 0.3) is 38.2 Å². The summed E-state index contributed by atoms with van der Waals surface area (Å²) < 4.78 is 1.73. The number of pyridine rings is 1. The van der Waals surface area contributed by atoms with E-state index in [9.17, 15) is 9.59 Å². The number of rotatable bonds is 0. The molecule has 0 saturated carbocycles. The summed E-state index contributed by atoms with van der Waals surface area (Å²) in [5.41, 5.74) is 2.46. The second-order valence-electron chi connectivity index (χ2n) is 6.31. The Balaban J connectivity index is 0.000000230. The Kier molecular flexibility index (Phi) is 3.36. The number of carbonyl (C=O) groups excluding carboxylic acids is 1. The molecule has 2 aromatic heterocycles. The van der Waals surface area contributed by atoms with Crippen LogP contribution in [0.1, 0.15) is 0 Å². The van der Waals surface area contributed by atoms with Crippen molar-refractivity contribution in [2.45, 2.75) is 0 Å². The lowest BCUT2D eigenvalue weighted by atomic mass is 10.0. The lowest BCUT2D eigenvalue weighted by molar-refractivity contribution is -0.117. The molecule has 0 unspecified atom stereocenters. The highest BCUT2D eigenvalue weighted by molar-refractivity contribution is 6.15. The van der Waals surface area contributed by atoms with Gasteiger partial charge in [-0.3, -0.25) is 19.0 Å². The number of aromatic nitrogens is 2. The Morgan fingerprint density at radius 2 is 1.67 bits per heavy atom. The summed E-state index contributed by atoms with van der Waals surface area (Å²) in [7, 11) is 0. The summed E-state index contributed by atoms with van der Waals surface area (Å²) >= 11 is 0. The standard InChI is InChI=1S/C18H10N2O.C3H4N2O/c21-18-13-8-4-6-11-5-3-7-12(16(11)13)17-19-14-9-1-2-10-15(14)20(17)18;6-3-1-4-2-5-3/h1-10H;2H,1H2,(H,4,5,6). The van der Waals surface area contributed by atoms with Crippen molar-refractivity contribution in [1.82, 2.24) is 14.7 Å². The molecule has 0 atom stereocenters. The van der Waals surface area contributed by atoms with Crippen molar-refractivity contribution >= 4 is 50.5 Å². The van der Waals surface area contributed by atoms with Gasteiger partial charge in [-0.1, -0.05) is 42.5 Å². The zero-order valence-electron chi connectivity index (χ0n) is 14.2. The smallest absolute Gasteiger partial charge is 0.264 e. The first-order valence-electron chi connectivity index (χ1n) is 8.56. The highest BCUT2D eigenvalue weighted by atomic mass is 16.2. The van der Waals surface area contributed by atoms with Crippen molar-refractivity contribution in [3.8, 4) is 0 Å². The molecular formula is C21H14N4O2. The van der Waals surface area contributed by atoms with E-state index in [1.165, 1.54) is 6.34 Å². The van der Waals surface area contributed by atoms with Crippen LogP contribution in [0, 0.1) is 0 Å². The van der Waals surface area contributed by atoms with Crippen LogP contribution in [0.4, 0.5) is 0 Å².